The Hall–Kier alpha value is -4.28. The van der Waals surface area contributed by atoms with Crippen LogP contribution in [-0.2, 0) is 10.5 Å². The first kappa shape index (κ1) is 26.0. The van der Waals surface area contributed by atoms with E-state index in [1.165, 1.54) is 11.0 Å². The van der Waals surface area contributed by atoms with Gasteiger partial charge in [-0.15, -0.1) is 0 Å². The van der Waals surface area contributed by atoms with Gasteiger partial charge in [-0.3, -0.25) is 0 Å². The molecular weight excluding hydrogens is 530 g/mol. The molecule has 1 saturated heterocycles. The average Bonchev–Trinajstić information content (AvgIpc) is 3.64. The third-order valence-corrected chi connectivity index (χ3v) is 7.99. The van der Waals surface area contributed by atoms with Crippen molar-refractivity contribution >= 4 is 28.6 Å². The van der Waals surface area contributed by atoms with E-state index in [0.29, 0.717) is 45.1 Å². The van der Waals surface area contributed by atoms with Gasteiger partial charge in [-0.1, -0.05) is 47.6 Å². The van der Waals surface area contributed by atoms with E-state index in [4.69, 9.17) is 20.3 Å². The summed E-state index contributed by atoms with van der Waals surface area (Å²) in [6.45, 7) is 1.90. The van der Waals surface area contributed by atoms with E-state index < -0.39 is 24.5 Å². The molecule has 0 radical (unpaired) electrons. The Morgan fingerprint density at radius 1 is 1.05 bits per heavy atom. The summed E-state index contributed by atoms with van der Waals surface area (Å²) >= 11 is 1.55. The number of fused-ring (bicyclic) bond motifs is 1. The molecule has 1 fully saturated rings. The number of anilines is 1. The van der Waals surface area contributed by atoms with E-state index in [2.05, 4.69) is 26.3 Å². The number of hydrogen-bond donors (Lipinski definition) is 3. The summed E-state index contributed by atoms with van der Waals surface area (Å²) in [5.41, 5.74) is 11.0. The summed E-state index contributed by atoms with van der Waals surface area (Å²) in [5, 5.41) is 40.4. The van der Waals surface area contributed by atoms with Crippen molar-refractivity contribution in [1.82, 2.24) is 24.9 Å². The number of aliphatic hydroxyl groups excluding tert-OH is 2. The van der Waals surface area contributed by atoms with Crippen molar-refractivity contribution in [2.24, 2.45) is 0 Å². The molecule has 11 nitrogen and oxygen atoms in total. The quantitative estimate of drug-likeness (QED) is 0.269. The number of nitrogens with two attached hydrogens (primary N) is 1. The molecular formula is C28H25N7O4S. The first-order valence-electron chi connectivity index (χ1n) is 12.6. The maximum atomic E-state index is 11.0. The number of nitrogens with zero attached hydrogens (tertiary/aromatic N) is 6. The van der Waals surface area contributed by atoms with E-state index >= 15 is 0 Å². The van der Waals surface area contributed by atoms with Gasteiger partial charge in [0.15, 0.2) is 17.6 Å². The van der Waals surface area contributed by atoms with E-state index in [1.54, 1.807) is 36.0 Å². The minimum absolute atomic E-state index is 0.217. The van der Waals surface area contributed by atoms with Gasteiger partial charge < -0.3 is 25.2 Å². The zero-order valence-corrected chi connectivity index (χ0v) is 22.2. The number of aryl methyl sites for hydroxylation is 1. The molecule has 0 bridgehead atoms. The van der Waals surface area contributed by atoms with E-state index in [-0.39, 0.29) is 5.82 Å². The van der Waals surface area contributed by atoms with Crippen LogP contribution in [0.25, 0.3) is 33.6 Å². The van der Waals surface area contributed by atoms with Crippen LogP contribution in [0.4, 0.5) is 5.82 Å². The highest BCUT2D eigenvalue weighted by Gasteiger charge is 2.45. The molecule has 12 heteroatoms. The summed E-state index contributed by atoms with van der Waals surface area (Å²) in [6.07, 6.45) is -2.75. The third-order valence-electron chi connectivity index (χ3n) is 6.93. The number of ether oxygens (including phenoxy) is 1. The molecule has 3 aromatic heterocycles. The first-order chi connectivity index (χ1) is 19.5. The van der Waals surface area contributed by atoms with Gasteiger partial charge in [0.2, 0.25) is 0 Å². The second kappa shape index (κ2) is 10.7. The third kappa shape index (κ3) is 4.59. The predicted molar refractivity (Wildman–Crippen MR) is 149 cm³/mol. The predicted octanol–water partition coefficient (Wildman–Crippen LogP) is 3.46. The Morgan fingerprint density at radius 2 is 1.82 bits per heavy atom. The van der Waals surface area contributed by atoms with Crippen LogP contribution in [0.15, 0.2) is 65.4 Å². The first-order valence-corrected chi connectivity index (χ1v) is 13.7. The number of aromatic nitrogens is 5. The highest BCUT2D eigenvalue weighted by Crippen LogP contribution is 2.38. The zero-order chi connectivity index (χ0) is 27.8. The molecule has 1 aliphatic heterocycles. The largest absolute Gasteiger partial charge is 0.387 e. The maximum absolute atomic E-state index is 11.0. The molecule has 0 spiro atoms. The number of thioether (sulfide) groups is 1. The lowest BCUT2D eigenvalue weighted by Crippen LogP contribution is -2.32. The van der Waals surface area contributed by atoms with Gasteiger partial charge in [-0.25, -0.2) is 14.6 Å². The second-order valence-corrected chi connectivity index (χ2v) is 10.5. The van der Waals surface area contributed by atoms with Crippen molar-refractivity contribution in [3.63, 3.8) is 0 Å². The Labute approximate surface area is 233 Å². The van der Waals surface area contributed by atoms with Crippen LogP contribution < -0.4 is 5.73 Å². The number of rotatable bonds is 7. The molecule has 6 rings (SSSR count). The van der Waals surface area contributed by atoms with Crippen molar-refractivity contribution in [3.8, 4) is 28.7 Å². The maximum Gasteiger partial charge on any atom is 0.181 e. The van der Waals surface area contributed by atoms with Crippen LogP contribution in [0, 0.1) is 18.3 Å². The molecule has 4 heterocycles. The van der Waals surface area contributed by atoms with Crippen LogP contribution >= 0.6 is 11.8 Å². The van der Waals surface area contributed by atoms with Gasteiger partial charge in [0.05, 0.1) is 28.8 Å². The topological polar surface area (TPSA) is 169 Å². The minimum Gasteiger partial charge on any atom is -0.387 e. The number of aliphatic hydroxyl groups is 2. The fraction of sp³-hybridized carbons (Fsp3) is 0.250. The van der Waals surface area contributed by atoms with Crippen LogP contribution in [-0.4, -0.2) is 59.2 Å². The van der Waals surface area contributed by atoms with Gasteiger partial charge in [0.25, 0.3) is 0 Å². The number of nitriles is 1. The Kier molecular flexibility index (Phi) is 6.95. The normalized spacial score (nSPS) is 20.6. The molecule has 202 valence electrons. The monoisotopic (exact) mass is 555 g/mol. The number of nitrogen functional groups attached to an aromatic ring is 1. The summed E-state index contributed by atoms with van der Waals surface area (Å²) < 4.78 is 13.2. The van der Waals surface area contributed by atoms with Gasteiger partial charge >= 0.3 is 0 Å². The van der Waals surface area contributed by atoms with Crippen molar-refractivity contribution in [2.45, 2.75) is 37.2 Å². The van der Waals surface area contributed by atoms with Crippen molar-refractivity contribution < 1.29 is 19.5 Å². The highest BCUT2D eigenvalue weighted by molar-refractivity contribution is 7.98. The molecule has 0 aliphatic carbocycles. The smallest absolute Gasteiger partial charge is 0.181 e. The summed E-state index contributed by atoms with van der Waals surface area (Å²) in [5.74, 6) is 1.93. The second-order valence-electron chi connectivity index (χ2n) is 9.44. The van der Waals surface area contributed by atoms with Crippen molar-refractivity contribution in [2.75, 3.05) is 11.5 Å². The number of hydrogen-bond acceptors (Lipinski definition) is 11. The molecule has 5 aromatic rings. The van der Waals surface area contributed by atoms with Gasteiger partial charge in [0, 0.05) is 28.2 Å². The van der Waals surface area contributed by atoms with E-state index in [0.717, 1.165) is 16.8 Å². The van der Waals surface area contributed by atoms with Crippen molar-refractivity contribution in [3.05, 3.63) is 77.7 Å². The molecule has 40 heavy (non-hydrogen) atoms. The van der Waals surface area contributed by atoms with E-state index in [9.17, 15) is 10.2 Å². The van der Waals surface area contributed by atoms with Crippen LogP contribution in [0.3, 0.4) is 0 Å². The summed E-state index contributed by atoms with van der Waals surface area (Å²) in [7, 11) is 0. The van der Waals surface area contributed by atoms with Gasteiger partial charge in [-0.05, 0) is 19.1 Å². The SMILES string of the molecule is Cc1noc(-c2ccccc2)c1CSC[C@H]1O[C@@H](n2nc(-c3ccc(C#N)cc3)c3c(N)ncnc32)[C@H](O)[C@@H]1O. The van der Waals surface area contributed by atoms with Crippen molar-refractivity contribution in [1.29, 1.82) is 5.26 Å². The van der Waals surface area contributed by atoms with Gasteiger partial charge in [-0.2, -0.15) is 22.1 Å². The van der Waals surface area contributed by atoms with Crippen LogP contribution in [0.2, 0.25) is 0 Å². The molecule has 0 unspecified atom stereocenters. The standard InChI is InChI=1S/C28H25N7O4S/c1-15-19(25(39-34-15)18-5-3-2-4-6-18)12-40-13-20-23(36)24(37)28(38-20)35-27-21(26(30)31-14-32-27)22(33-35)17-9-7-16(11-29)8-10-17/h2-10,14,20,23-24,28,36-37H,12-13H2,1H3,(H2,30,31,32)/t20-,23-,24-,28-/m1/s1. The zero-order valence-electron chi connectivity index (χ0n) is 21.4. The summed E-state index contributed by atoms with van der Waals surface area (Å²) in [6, 6.07) is 18.7. The van der Waals surface area contributed by atoms with Crippen LogP contribution in [0.1, 0.15) is 23.0 Å². The molecule has 0 saturated carbocycles. The molecule has 1 aliphatic rings. The average molecular weight is 556 g/mol. The van der Waals surface area contributed by atoms with E-state index in [1.807, 2.05) is 37.3 Å². The Balaban J connectivity index is 1.23. The lowest BCUT2D eigenvalue weighted by molar-refractivity contribution is -0.0360. The highest BCUT2D eigenvalue weighted by atomic mass is 32.2. The summed E-state index contributed by atoms with van der Waals surface area (Å²) in [4.78, 5) is 8.47. The lowest BCUT2D eigenvalue weighted by atomic mass is 10.1. The number of benzene rings is 2. The Bertz CT molecular complexity index is 1700. The molecule has 4 N–H and O–H groups in total. The lowest BCUT2D eigenvalue weighted by Gasteiger charge is -2.15. The fourth-order valence-corrected chi connectivity index (χ4v) is 5.97. The molecule has 4 atom stereocenters. The minimum atomic E-state index is -1.25. The Morgan fingerprint density at radius 3 is 2.58 bits per heavy atom. The molecule has 2 aromatic carbocycles. The molecule has 0 amide bonds. The van der Waals surface area contributed by atoms with Crippen LogP contribution in [0.5, 0.6) is 0 Å². The van der Waals surface area contributed by atoms with Gasteiger partial charge in [0.1, 0.15) is 30.0 Å². The fourth-order valence-electron chi connectivity index (χ4n) is 4.80.